The third-order valence-corrected chi connectivity index (χ3v) is 9.14. The molecular formula is C35H51F2N7O4. The van der Waals surface area contributed by atoms with Gasteiger partial charge in [-0.25, -0.2) is 8.78 Å². The number of hydrogen-bond donors (Lipinski definition) is 7. The van der Waals surface area contributed by atoms with E-state index in [1.165, 1.54) is 24.3 Å². The molecular weight excluding hydrogens is 620 g/mol. The van der Waals surface area contributed by atoms with E-state index in [0.717, 1.165) is 0 Å². The van der Waals surface area contributed by atoms with Crippen LogP contribution in [0.15, 0.2) is 48.5 Å². The fourth-order valence-corrected chi connectivity index (χ4v) is 5.97. The Morgan fingerprint density at radius 2 is 1.35 bits per heavy atom. The van der Waals surface area contributed by atoms with Gasteiger partial charge in [-0.1, -0.05) is 64.8 Å². The summed E-state index contributed by atoms with van der Waals surface area (Å²) in [6, 6.07) is 9.49. The number of nitrogens with two attached hydrogens (primary N) is 2. The molecule has 0 aliphatic heterocycles. The number of hydrogen-bond acceptors (Lipinski definition) is 7. The zero-order chi connectivity index (χ0) is 35.5. The summed E-state index contributed by atoms with van der Waals surface area (Å²) in [4.78, 5) is 54.7. The first-order valence-electron chi connectivity index (χ1n) is 16.8. The second-order valence-corrected chi connectivity index (χ2v) is 12.9. The molecule has 1 atom stereocenters. The van der Waals surface area contributed by atoms with Crippen molar-refractivity contribution in [2.24, 2.45) is 17.4 Å². The van der Waals surface area contributed by atoms with Crippen molar-refractivity contribution in [2.75, 3.05) is 6.54 Å². The van der Waals surface area contributed by atoms with Crippen LogP contribution in [-0.4, -0.2) is 53.6 Å². The molecule has 3 rings (SSSR count). The molecule has 0 radical (unpaired) electrons. The van der Waals surface area contributed by atoms with Gasteiger partial charge in [0, 0.05) is 5.92 Å². The number of benzene rings is 2. The summed E-state index contributed by atoms with van der Waals surface area (Å²) in [6.07, 6.45) is 2.52. The minimum absolute atomic E-state index is 0.199. The SMILES string of the molecule is CCC(CC)(NC(=O)C(C)C)C(=O)N[C@@H](CCCNC(N)N)C(=O)NC1(C(=O)NC(c2ccc(F)cc2)c2ccc(F)cc2)CCCC1. The van der Waals surface area contributed by atoms with Crippen molar-refractivity contribution in [2.45, 2.75) is 109 Å². The molecule has 0 spiro atoms. The van der Waals surface area contributed by atoms with E-state index in [4.69, 9.17) is 11.5 Å². The van der Waals surface area contributed by atoms with Crippen LogP contribution < -0.4 is 38.1 Å². The van der Waals surface area contributed by atoms with Crippen LogP contribution >= 0.6 is 0 Å². The topological polar surface area (TPSA) is 180 Å². The number of nitrogens with one attached hydrogen (secondary N) is 5. The smallest absolute Gasteiger partial charge is 0.246 e. The molecule has 0 aromatic heterocycles. The molecule has 1 fully saturated rings. The lowest BCUT2D eigenvalue weighted by Gasteiger charge is -2.36. The van der Waals surface area contributed by atoms with Gasteiger partial charge in [0.25, 0.3) is 0 Å². The standard InChI is InChI=1S/C35H51F2N7O4/c1-5-34(6-2,43-29(45)22(3)4)31(47)41-27(10-9-21-40-33(38)39)30(46)44-35(19-7-8-20-35)32(48)42-28(23-11-15-25(36)16-12-23)24-13-17-26(37)18-14-24/h11-18,22,27-28,33,40H,5-10,19-21,38-39H2,1-4H3,(H,41,47)(H,42,48)(H,43,45)(H,44,46)/t27-/m0/s1. The molecule has 0 unspecified atom stereocenters. The van der Waals surface area contributed by atoms with Gasteiger partial charge in [-0.2, -0.15) is 0 Å². The summed E-state index contributed by atoms with van der Waals surface area (Å²) < 4.78 is 27.6. The fraction of sp³-hybridized carbons (Fsp3) is 0.543. The average Bonchev–Trinajstić information content (AvgIpc) is 3.54. The van der Waals surface area contributed by atoms with Crippen LogP contribution in [0.1, 0.15) is 96.2 Å². The van der Waals surface area contributed by atoms with Gasteiger partial charge in [-0.15, -0.1) is 0 Å². The Balaban J connectivity index is 1.89. The van der Waals surface area contributed by atoms with E-state index < -0.39 is 58.8 Å². The third kappa shape index (κ3) is 10.0. The highest BCUT2D eigenvalue weighted by atomic mass is 19.1. The second kappa shape index (κ2) is 17.5. The Kier molecular flexibility index (Phi) is 14.0. The van der Waals surface area contributed by atoms with Crippen LogP contribution in [0.5, 0.6) is 0 Å². The van der Waals surface area contributed by atoms with Crippen molar-refractivity contribution in [3.8, 4) is 0 Å². The summed E-state index contributed by atoms with van der Waals surface area (Å²) >= 11 is 0. The Morgan fingerprint density at radius 3 is 1.81 bits per heavy atom. The third-order valence-electron chi connectivity index (χ3n) is 9.14. The molecule has 2 aromatic carbocycles. The Hall–Kier alpha value is -3.94. The first-order chi connectivity index (χ1) is 22.8. The minimum Gasteiger partial charge on any atom is -0.343 e. The zero-order valence-corrected chi connectivity index (χ0v) is 28.3. The highest BCUT2D eigenvalue weighted by Crippen LogP contribution is 2.32. The minimum atomic E-state index is -1.30. The van der Waals surface area contributed by atoms with E-state index in [1.54, 1.807) is 52.0 Å². The summed E-state index contributed by atoms with van der Waals surface area (Å²) in [6.45, 7) is 7.43. The van der Waals surface area contributed by atoms with Crippen LogP contribution in [0.2, 0.25) is 0 Å². The molecule has 13 heteroatoms. The van der Waals surface area contributed by atoms with Crippen molar-refractivity contribution >= 4 is 23.6 Å². The van der Waals surface area contributed by atoms with Crippen molar-refractivity contribution < 1.29 is 28.0 Å². The lowest BCUT2D eigenvalue weighted by molar-refractivity contribution is -0.139. The van der Waals surface area contributed by atoms with E-state index in [2.05, 4.69) is 26.6 Å². The van der Waals surface area contributed by atoms with E-state index in [-0.39, 0.29) is 18.2 Å². The van der Waals surface area contributed by atoms with E-state index >= 15 is 0 Å². The summed E-state index contributed by atoms with van der Waals surface area (Å²) in [5.74, 6) is -3.02. The van der Waals surface area contributed by atoms with Crippen molar-refractivity contribution in [3.05, 3.63) is 71.3 Å². The molecule has 4 amide bonds. The molecule has 2 aromatic rings. The van der Waals surface area contributed by atoms with Gasteiger partial charge in [-0.3, -0.25) is 24.5 Å². The molecule has 1 aliphatic carbocycles. The summed E-state index contributed by atoms with van der Waals surface area (Å²) in [5.41, 5.74) is 9.83. The van der Waals surface area contributed by atoms with E-state index in [0.29, 0.717) is 62.6 Å². The van der Waals surface area contributed by atoms with Crippen LogP contribution in [0.25, 0.3) is 0 Å². The molecule has 11 nitrogen and oxygen atoms in total. The number of carbonyl (C=O) groups excluding carboxylic acids is 4. The molecule has 9 N–H and O–H groups in total. The first-order valence-corrected chi connectivity index (χ1v) is 16.8. The Labute approximate surface area is 281 Å². The van der Waals surface area contributed by atoms with Gasteiger partial charge < -0.3 is 32.7 Å². The van der Waals surface area contributed by atoms with Crippen LogP contribution in [0, 0.1) is 17.6 Å². The van der Waals surface area contributed by atoms with E-state index in [9.17, 15) is 28.0 Å². The number of carbonyl (C=O) groups is 4. The summed E-state index contributed by atoms with van der Waals surface area (Å²) in [5, 5.41) is 14.6. The van der Waals surface area contributed by atoms with Gasteiger partial charge in [0.05, 0.1) is 6.04 Å². The number of amides is 4. The largest absolute Gasteiger partial charge is 0.343 e. The Morgan fingerprint density at radius 1 is 0.833 bits per heavy atom. The molecule has 264 valence electrons. The first kappa shape index (κ1) is 38.5. The van der Waals surface area contributed by atoms with Gasteiger partial charge >= 0.3 is 0 Å². The molecule has 0 bridgehead atoms. The van der Waals surface area contributed by atoms with Crippen LogP contribution in [0.4, 0.5) is 8.78 Å². The number of rotatable bonds is 17. The summed E-state index contributed by atoms with van der Waals surface area (Å²) in [7, 11) is 0. The normalized spacial score (nSPS) is 15.0. The van der Waals surface area contributed by atoms with Gasteiger partial charge in [0.1, 0.15) is 35.0 Å². The van der Waals surface area contributed by atoms with E-state index in [1.807, 2.05) is 0 Å². The van der Waals surface area contributed by atoms with Crippen molar-refractivity contribution in [1.82, 2.24) is 26.6 Å². The van der Waals surface area contributed by atoms with Gasteiger partial charge in [0.15, 0.2) is 0 Å². The highest BCUT2D eigenvalue weighted by Gasteiger charge is 2.45. The maximum absolute atomic E-state index is 14.2. The second-order valence-electron chi connectivity index (χ2n) is 12.9. The lowest BCUT2D eigenvalue weighted by atomic mass is 9.89. The van der Waals surface area contributed by atoms with Gasteiger partial charge in [0.2, 0.25) is 23.6 Å². The monoisotopic (exact) mass is 671 g/mol. The van der Waals surface area contributed by atoms with Crippen molar-refractivity contribution in [1.29, 1.82) is 0 Å². The van der Waals surface area contributed by atoms with Crippen LogP contribution in [-0.2, 0) is 19.2 Å². The average molecular weight is 672 g/mol. The molecule has 0 saturated heterocycles. The molecule has 0 heterocycles. The Bertz CT molecular complexity index is 1330. The van der Waals surface area contributed by atoms with Crippen LogP contribution in [0.3, 0.4) is 0 Å². The predicted octanol–water partition coefficient (Wildman–Crippen LogP) is 2.99. The lowest BCUT2D eigenvalue weighted by Crippen LogP contribution is -2.64. The highest BCUT2D eigenvalue weighted by molar-refractivity contribution is 5.97. The molecule has 1 aliphatic rings. The quantitative estimate of drug-likeness (QED) is 0.0998. The molecule has 1 saturated carbocycles. The number of halogens is 2. The zero-order valence-electron chi connectivity index (χ0n) is 28.3. The van der Waals surface area contributed by atoms with Gasteiger partial charge in [-0.05, 0) is 80.5 Å². The van der Waals surface area contributed by atoms with Crippen molar-refractivity contribution in [3.63, 3.8) is 0 Å². The molecule has 48 heavy (non-hydrogen) atoms. The fourth-order valence-electron chi connectivity index (χ4n) is 5.97. The maximum atomic E-state index is 14.2. The maximum Gasteiger partial charge on any atom is 0.246 e. The predicted molar refractivity (Wildman–Crippen MR) is 180 cm³/mol.